The van der Waals surface area contributed by atoms with Crippen molar-refractivity contribution >= 4 is 17.5 Å². The minimum absolute atomic E-state index is 0.693. The molecule has 0 spiro atoms. The highest BCUT2D eigenvalue weighted by Crippen LogP contribution is 2.22. The molecule has 2 aromatic rings. The number of piperidine rings is 1. The van der Waals surface area contributed by atoms with Gasteiger partial charge in [0.25, 0.3) is 0 Å². The summed E-state index contributed by atoms with van der Waals surface area (Å²) in [4.78, 5) is 14.5. The molecule has 1 aliphatic rings. The molecular formula is C24H37N5. The number of hydrogen-bond acceptors (Lipinski definition) is 5. The first kappa shape index (κ1) is 21.6. The summed E-state index contributed by atoms with van der Waals surface area (Å²) in [5.41, 5.74) is 3.43. The molecular weight excluding hydrogens is 358 g/mol. The molecule has 1 aromatic heterocycles. The number of anilines is 3. The van der Waals surface area contributed by atoms with Crippen molar-refractivity contribution < 1.29 is 0 Å². The normalized spacial score (nSPS) is 14.7. The monoisotopic (exact) mass is 395 g/mol. The van der Waals surface area contributed by atoms with Gasteiger partial charge >= 0.3 is 0 Å². The number of rotatable bonds is 10. The third-order valence-electron chi connectivity index (χ3n) is 5.68. The molecule has 1 saturated heterocycles. The van der Waals surface area contributed by atoms with Crippen LogP contribution in [0.4, 0.5) is 17.5 Å². The lowest BCUT2D eigenvalue weighted by atomic mass is 10.1. The lowest BCUT2D eigenvalue weighted by Crippen LogP contribution is -2.33. The SMILES string of the molecule is CCCc1ccccc1Nc1nc(C)cc(N(CC)CCCN2CCCCC2)n1. The van der Waals surface area contributed by atoms with Gasteiger partial charge in [-0.1, -0.05) is 38.0 Å². The van der Waals surface area contributed by atoms with Crippen molar-refractivity contribution in [1.82, 2.24) is 14.9 Å². The first-order chi connectivity index (χ1) is 14.2. The minimum atomic E-state index is 0.693. The van der Waals surface area contributed by atoms with Crippen LogP contribution in [0.1, 0.15) is 57.2 Å². The molecule has 2 heterocycles. The summed E-state index contributed by atoms with van der Waals surface area (Å²) in [6.45, 7) is 12.2. The molecule has 1 aromatic carbocycles. The molecule has 0 bridgehead atoms. The van der Waals surface area contributed by atoms with Gasteiger partial charge in [-0.05, 0) is 70.8 Å². The molecule has 0 saturated carbocycles. The van der Waals surface area contributed by atoms with Crippen LogP contribution >= 0.6 is 0 Å². The minimum Gasteiger partial charge on any atom is -0.357 e. The highest BCUT2D eigenvalue weighted by molar-refractivity contribution is 5.60. The Balaban J connectivity index is 1.66. The predicted octanol–water partition coefficient (Wildman–Crippen LogP) is 5.18. The lowest BCUT2D eigenvalue weighted by molar-refractivity contribution is 0.227. The van der Waals surface area contributed by atoms with Crippen LogP contribution in [0, 0.1) is 6.92 Å². The topological polar surface area (TPSA) is 44.3 Å². The van der Waals surface area contributed by atoms with Crippen LogP contribution in [0.5, 0.6) is 0 Å². The summed E-state index contributed by atoms with van der Waals surface area (Å²) in [5, 5.41) is 3.47. The smallest absolute Gasteiger partial charge is 0.229 e. The molecule has 1 fully saturated rings. The Morgan fingerprint density at radius 1 is 1.07 bits per heavy atom. The van der Waals surface area contributed by atoms with E-state index in [1.807, 2.05) is 0 Å². The van der Waals surface area contributed by atoms with E-state index < -0.39 is 0 Å². The van der Waals surface area contributed by atoms with Crippen molar-refractivity contribution in [3.63, 3.8) is 0 Å². The highest BCUT2D eigenvalue weighted by atomic mass is 15.2. The lowest BCUT2D eigenvalue weighted by Gasteiger charge is -2.28. The molecule has 0 atom stereocenters. The number of nitrogens with one attached hydrogen (secondary N) is 1. The van der Waals surface area contributed by atoms with Gasteiger partial charge in [0.15, 0.2) is 0 Å². The predicted molar refractivity (Wildman–Crippen MR) is 123 cm³/mol. The Kier molecular flexibility index (Phi) is 8.29. The molecule has 0 radical (unpaired) electrons. The number of hydrogen-bond donors (Lipinski definition) is 1. The number of aryl methyl sites for hydroxylation is 2. The largest absolute Gasteiger partial charge is 0.357 e. The second kappa shape index (κ2) is 11.1. The van der Waals surface area contributed by atoms with Gasteiger partial charge in [0.1, 0.15) is 5.82 Å². The van der Waals surface area contributed by atoms with Crippen molar-refractivity contribution in [2.24, 2.45) is 0 Å². The molecule has 3 rings (SSSR count). The second-order valence-electron chi connectivity index (χ2n) is 8.06. The van der Waals surface area contributed by atoms with Crippen molar-refractivity contribution in [2.75, 3.05) is 42.9 Å². The fraction of sp³-hybridized carbons (Fsp3) is 0.583. The van der Waals surface area contributed by atoms with Gasteiger partial charge in [0, 0.05) is 30.5 Å². The van der Waals surface area contributed by atoms with Gasteiger partial charge in [-0.2, -0.15) is 4.98 Å². The summed E-state index contributed by atoms with van der Waals surface area (Å²) in [6, 6.07) is 10.6. The summed E-state index contributed by atoms with van der Waals surface area (Å²) >= 11 is 0. The van der Waals surface area contributed by atoms with Crippen LogP contribution in [0.25, 0.3) is 0 Å². The number of benzene rings is 1. The average molecular weight is 396 g/mol. The fourth-order valence-corrected chi connectivity index (χ4v) is 4.12. The molecule has 1 N–H and O–H groups in total. The quantitative estimate of drug-likeness (QED) is 0.600. The van der Waals surface area contributed by atoms with Crippen LogP contribution in [-0.4, -0.2) is 47.6 Å². The van der Waals surface area contributed by atoms with Gasteiger partial charge in [-0.25, -0.2) is 4.98 Å². The number of nitrogens with zero attached hydrogens (tertiary/aromatic N) is 4. The third-order valence-corrected chi connectivity index (χ3v) is 5.68. The maximum absolute atomic E-state index is 4.86. The molecule has 158 valence electrons. The van der Waals surface area contributed by atoms with Gasteiger partial charge in [-0.3, -0.25) is 0 Å². The zero-order valence-electron chi connectivity index (χ0n) is 18.5. The highest BCUT2D eigenvalue weighted by Gasteiger charge is 2.13. The number of likely N-dealkylation sites (tertiary alicyclic amines) is 1. The van der Waals surface area contributed by atoms with Crippen molar-refractivity contribution in [1.29, 1.82) is 0 Å². The van der Waals surface area contributed by atoms with E-state index in [9.17, 15) is 0 Å². The molecule has 1 aliphatic heterocycles. The van der Waals surface area contributed by atoms with Crippen LogP contribution in [0.3, 0.4) is 0 Å². The molecule has 0 amide bonds. The van der Waals surface area contributed by atoms with Crippen molar-refractivity contribution in [3.05, 3.63) is 41.6 Å². The van der Waals surface area contributed by atoms with Crippen LogP contribution in [0.15, 0.2) is 30.3 Å². The fourth-order valence-electron chi connectivity index (χ4n) is 4.12. The second-order valence-corrected chi connectivity index (χ2v) is 8.06. The van der Waals surface area contributed by atoms with Gasteiger partial charge in [-0.15, -0.1) is 0 Å². The summed E-state index contributed by atoms with van der Waals surface area (Å²) < 4.78 is 0. The Morgan fingerprint density at radius 2 is 1.86 bits per heavy atom. The number of para-hydroxylation sites is 1. The first-order valence-electron chi connectivity index (χ1n) is 11.4. The average Bonchev–Trinajstić information content (AvgIpc) is 2.73. The van der Waals surface area contributed by atoms with Crippen LogP contribution in [-0.2, 0) is 6.42 Å². The van der Waals surface area contributed by atoms with Crippen LogP contribution < -0.4 is 10.2 Å². The summed E-state index contributed by atoms with van der Waals surface area (Å²) in [6.07, 6.45) is 7.47. The zero-order chi connectivity index (χ0) is 20.5. The van der Waals surface area contributed by atoms with E-state index in [0.29, 0.717) is 5.95 Å². The van der Waals surface area contributed by atoms with Crippen molar-refractivity contribution in [2.45, 2.75) is 59.3 Å². The van der Waals surface area contributed by atoms with Gasteiger partial charge in [0.05, 0.1) is 0 Å². The van der Waals surface area contributed by atoms with E-state index in [1.54, 1.807) is 0 Å². The van der Waals surface area contributed by atoms with Gasteiger partial charge < -0.3 is 15.1 Å². The molecule has 5 heteroatoms. The Labute approximate surface area is 176 Å². The maximum Gasteiger partial charge on any atom is 0.229 e. The Hall–Kier alpha value is -2.14. The molecule has 0 unspecified atom stereocenters. The van der Waals surface area contributed by atoms with Gasteiger partial charge in [0.2, 0.25) is 5.95 Å². The van der Waals surface area contributed by atoms with E-state index in [-0.39, 0.29) is 0 Å². The van der Waals surface area contributed by atoms with Crippen molar-refractivity contribution in [3.8, 4) is 0 Å². The van der Waals surface area contributed by atoms with E-state index in [0.717, 1.165) is 43.1 Å². The van der Waals surface area contributed by atoms with E-state index in [4.69, 9.17) is 4.98 Å². The zero-order valence-corrected chi connectivity index (χ0v) is 18.5. The van der Waals surface area contributed by atoms with E-state index >= 15 is 0 Å². The Morgan fingerprint density at radius 3 is 2.62 bits per heavy atom. The molecule has 5 nitrogen and oxygen atoms in total. The molecule has 0 aliphatic carbocycles. The molecule has 29 heavy (non-hydrogen) atoms. The first-order valence-corrected chi connectivity index (χ1v) is 11.4. The standard InChI is InChI=1S/C24H37N5/c1-4-12-21-13-7-8-14-22(21)26-24-25-20(3)19-23(27-24)29(5-2)18-11-17-28-15-9-6-10-16-28/h7-8,13-14,19H,4-6,9-12,15-18H2,1-3H3,(H,25,26,27). The van der Waals surface area contributed by atoms with E-state index in [1.165, 1.54) is 50.9 Å². The third kappa shape index (κ3) is 6.43. The Bertz CT molecular complexity index is 755. The summed E-state index contributed by atoms with van der Waals surface area (Å²) in [5.74, 6) is 1.71. The maximum atomic E-state index is 4.86. The number of aromatic nitrogens is 2. The van der Waals surface area contributed by atoms with Crippen LogP contribution in [0.2, 0.25) is 0 Å². The van der Waals surface area contributed by atoms with E-state index in [2.05, 4.69) is 71.2 Å². The summed E-state index contributed by atoms with van der Waals surface area (Å²) in [7, 11) is 0.